The van der Waals surface area contributed by atoms with E-state index in [0.29, 0.717) is 6.42 Å². The van der Waals surface area contributed by atoms with E-state index in [2.05, 4.69) is 5.32 Å². The fraction of sp³-hybridized carbons (Fsp3) is 0.500. The van der Waals surface area contributed by atoms with Gasteiger partial charge in [-0.15, -0.1) is 0 Å². The first-order chi connectivity index (χ1) is 8.65. The Morgan fingerprint density at radius 2 is 1.94 bits per heavy atom. The van der Waals surface area contributed by atoms with Gasteiger partial charge in [-0.05, 0) is 30.5 Å². The number of hydrogen-bond donors (Lipinski definition) is 3. The van der Waals surface area contributed by atoms with Crippen molar-refractivity contribution in [3.8, 4) is 5.75 Å². The SMILES string of the molecule is N[C@@H]1CCCC[C@H]1NC(=O)Cc1ccc(O)cc1. The van der Waals surface area contributed by atoms with E-state index in [1.165, 1.54) is 0 Å². The molecule has 0 heterocycles. The molecule has 98 valence electrons. The van der Waals surface area contributed by atoms with Crippen molar-refractivity contribution >= 4 is 5.91 Å². The molecule has 18 heavy (non-hydrogen) atoms. The molecule has 4 N–H and O–H groups in total. The second-order valence-corrected chi connectivity index (χ2v) is 4.97. The molecule has 1 aliphatic rings. The largest absolute Gasteiger partial charge is 0.508 e. The van der Waals surface area contributed by atoms with Gasteiger partial charge >= 0.3 is 0 Å². The van der Waals surface area contributed by atoms with Gasteiger partial charge in [-0.25, -0.2) is 0 Å². The fourth-order valence-corrected chi connectivity index (χ4v) is 2.40. The van der Waals surface area contributed by atoms with Crippen molar-refractivity contribution in [1.29, 1.82) is 0 Å². The first-order valence-electron chi connectivity index (χ1n) is 6.48. The number of hydrogen-bond acceptors (Lipinski definition) is 3. The molecule has 2 atom stereocenters. The van der Waals surface area contributed by atoms with E-state index in [9.17, 15) is 4.79 Å². The quantitative estimate of drug-likeness (QED) is 0.755. The zero-order valence-electron chi connectivity index (χ0n) is 10.4. The summed E-state index contributed by atoms with van der Waals surface area (Å²) in [5.41, 5.74) is 6.89. The molecule has 1 aromatic rings. The highest BCUT2D eigenvalue weighted by Gasteiger charge is 2.23. The number of nitrogens with one attached hydrogen (secondary N) is 1. The summed E-state index contributed by atoms with van der Waals surface area (Å²) in [5.74, 6) is 0.219. The van der Waals surface area contributed by atoms with Gasteiger partial charge < -0.3 is 16.2 Å². The molecule has 4 heteroatoms. The summed E-state index contributed by atoms with van der Waals surface area (Å²) in [6, 6.07) is 6.90. The zero-order chi connectivity index (χ0) is 13.0. The number of carbonyl (C=O) groups excluding carboxylic acids is 1. The van der Waals surface area contributed by atoms with E-state index in [1.807, 2.05) is 0 Å². The third kappa shape index (κ3) is 3.47. The van der Waals surface area contributed by atoms with E-state index >= 15 is 0 Å². The minimum atomic E-state index is 0.00281. The van der Waals surface area contributed by atoms with Crippen LogP contribution in [-0.2, 0) is 11.2 Å². The Labute approximate surface area is 107 Å². The Morgan fingerprint density at radius 1 is 1.28 bits per heavy atom. The third-order valence-corrected chi connectivity index (χ3v) is 3.47. The van der Waals surface area contributed by atoms with Crippen molar-refractivity contribution in [2.24, 2.45) is 5.73 Å². The molecule has 1 fully saturated rings. The number of benzene rings is 1. The maximum absolute atomic E-state index is 11.9. The molecule has 1 aliphatic carbocycles. The van der Waals surface area contributed by atoms with E-state index < -0.39 is 0 Å². The summed E-state index contributed by atoms with van der Waals surface area (Å²) in [4.78, 5) is 11.9. The van der Waals surface area contributed by atoms with Crippen LogP contribution < -0.4 is 11.1 Å². The highest BCUT2D eigenvalue weighted by molar-refractivity contribution is 5.79. The first-order valence-corrected chi connectivity index (χ1v) is 6.48. The average molecular weight is 248 g/mol. The molecule has 0 radical (unpaired) electrons. The zero-order valence-corrected chi connectivity index (χ0v) is 10.4. The predicted molar refractivity (Wildman–Crippen MR) is 70.2 cm³/mol. The monoisotopic (exact) mass is 248 g/mol. The molecule has 4 nitrogen and oxygen atoms in total. The number of carbonyl (C=O) groups is 1. The minimum absolute atomic E-state index is 0.00281. The van der Waals surface area contributed by atoms with Crippen LogP contribution in [0.15, 0.2) is 24.3 Å². The van der Waals surface area contributed by atoms with Crippen LogP contribution in [0.3, 0.4) is 0 Å². The molecule has 0 unspecified atom stereocenters. The Kier molecular flexibility index (Phi) is 4.20. The van der Waals surface area contributed by atoms with Crippen LogP contribution in [0, 0.1) is 0 Å². The molecule has 0 aliphatic heterocycles. The smallest absolute Gasteiger partial charge is 0.224 e. The number of phenolic OH excluding ortho intramolecular Hbond substituents is 1. The Hall–Kier alpha value is -1.55. The first kappa shape index (κ1) is 12.9. The molecule has 2 rings (SSSR count). The molecule has 0 saturated heterocycles. The van der Waals surface area contributed by atoms with Crippen molar-refractivity contribution in [1.82, 2.24) is 5.32 Å². The lowest BCUT2D eigenvalue weighted by Gasteiger charge is -2.29. The highest BCUT2D eigenvalue weighted by atomic mass is 16.3. The summed E-state index contributed by atoms with van der Waals surface area (Å²) < 4.78 is 0. The van der Waals surface area contributed by atoms with Gasteiger partial charge in [-0.2, -0.15) is 0 Å². The summed E-state index contributed by atoms with van der Waals surface area (Å²) in [5, 5.41) is 12.2. The summed E-state index contributed by atoms with van der Waals surface area (Å²) in [6.45, 7) is 0. The van der Waals surface area contributed by atoms with Gasteiger partial charge in [-0.3, -0.25) is 4.79 Å². The maximum Gasteiger partial charge on any atom is 0.224 e. The minimum Gasteiger partial charge on any atom is -0.508 e. The van der Waals surface area contributed by atoms with Crippen molar-refractivity contribution in [3.05, 3.63) is 29.8 Å². The average Bonchev–Trinajstić information content (AvgIpc) is 2.35. The molecule has 0 aromatic heterocycles. The van der Waals surface area contributed by atoms with Crippen LogP contribution in [-0.4, -0.2) is 23.1 Å². The molecule has 1 amide bonds. The molecule has 1 saturated carbocycles. The van der Waals surface area contributed by atoms with Crippen LogP contribution in [0.25, 0.3) is 0 Å². The fourth-order valence-electron chi connectivity index (χ4n) is 2.40. The lowest BCUT2D eigenvalue weighted by Crippen LogP contribution is -2.49. The number of amides is 1. The van der Waals surface area contributed by atoms with Gasteiger partial charge in [-0.1, -0.05) is 25.0 Å². The maximum atomic E-state index is 11.9. The predicted octanol–water partition coefficient (Wildman–Crippen LogP) is 1.32. The summed E-state index contributed by atoms with van der Waals surface area (Å²) >= 11 is 0. The van der Waals surface area contributed by atoms with Gasteiger partial charge in [0.25, 0.3) is 0 Å². The molecular formula is C14H20N2O2. The van der Waals surface area contributed by atoms with Gasteiger partial charge in [0, 0.05) is 12.1 Å². The van der Waals surface area contributed by atoms with E-state index in [-0.39, 0.29) is 23.7 Å². The lowest BCUT2D eigenvalue weighted by molar-refractivity contribution is -0.121. The van der Waals surface area contributed by atoms with Crippen LogP contribution in [0.5, 0.6) is 5.75 Å². The standard InChI is InChI=1S/C14H20N2O2/c15-12-3-1-2-4-13(12)16-14(18)9-10-5-7-11(17)8-6-10/h5-8,12-13,17H,1-4,9,15H2,(H,16,18)/t12-,13-/m1/s1. The van der Waals surface area contributed by atoms with Gasteiger partial charge in [0.1, 0.15) is 5.75 Å². The van der Waals surface area contributed by atoms with Gasteiger partial charge in [0.15, 0.2) is 0 Å². The Bertz CT molecular complexity index is 403. The number of rotatable bonds is 3. The Balaban J connectivity index is 1.86. The highest BCUT2D eigenvalue weighted by Crippen LogP contribution is 2.17. The van der Waals surface area contributed by atoms with E-state index in [4.69, 9.17) is 10.8 Å². The van der Waals surface area contributed by atoms with Crippen molar-refractivity contribution in [2.75, 3.05) is 0 Å². The molecule has 0 spiro atoms. The van der Waals surface area contributed by atoms with Crippen molar-refractivity contribution in [3.63, 3.8) is 0 Å². The van der Waals surface area contributed by atoms with E-state index in [0.717, 1.165) is 31.2 Å². The molecule has 1 aromatic carbocycles. The molecule has 0 bridgehead atoms. The molecular weight excluding hydrogens is 228 g/mol. The van der Waals surface area contributed by atoms with Crippen molar-refractivity contribution < 1.29 is 9.90 Å². The second-order valence-electron chi connectivity index (χ2n) is 4.97. The van der Waals surface area contributed by atoms with Gasteiger partial charge in [0.05, 0.1) is 6.42 Å². The summed E-state index contributed by atoms with van der Waals surface area (Å²) in [7, 11) is 0. The number of aromatic hydroxyl groups is 1. The number of phenols is 1. The van der Waals surface area contributed by atoms with Crippen LogP contribution in [0.2, 0.25) is 0 Å². The third-order valence-electron chi connectivity index (χ3n) is 3.47. The van der Waals surface area contributed by atoms with Crippen LogP contribution in [0.4, 0.5) is 0 Å². The van der Waals surface area contributed by atoms with Gasteiger partial charge in [0.2, 0.25) is 5.91 Å². The second kappa shape index (κ2) is 5.87. The topological polar surface area (TPSA) is 75.3 Å². The Morgan fingerprint density at radius 3 is 2.61 bits per heavy atom. The van der Waals surface area contributed by atoms with E-state index in [1.54, 1.807) is 24.3 Å². The lowest BCUT2D eigenvalue weighted by atomic mass is 9.91. The van der Waals surface area contributed by atoms with Crippen molar-refractivity contribution in [2.45, 2.75) is 44.2 Å². The van der Waals surface area contributed by atoms with Crippen LogP contribution >= 0.6 is 0 Å². The number of nitrogens with two attached hydrogens (primary N) is 1. The van der Waals surface area contributed by atoms with Crippen LogP contribution in [0.1, 0.15) is 31.2 Å². The normalized spacial score (nSPS) is 23.6. The summed E-state index contributed by atoms with van der Waals surface area (Å²) in [6.07, 6.45) is 4.60.